The molecule has 20 heavy (non-hydrogen) atoms. The lowest BCUT2D eigenvalue weighted by molar-refractivity contribution is -0.153. The first-order valence-corrected chi connectivity index (χ1v) is 7.34. The predicted molar refractivity (Wildman–Crippen MR) is 73.5 cm³/mol. The van der Waals surface area contributed by atoms with Crippen LogP contribution in [0.25, 0.3) is 0 Å². The topological polar surface area (TPSA) is 78.9 Å². The van der Waals surface area contributed by atoms with Crippen molar-refractivity contribution in [1.29, 1.82) is 0 Å². The molecule has 1 atom stereocenters. The largest absolute Gasteiger partial charge is 0.481 e. The van der Waals surface area contributed by atoms with E-state index in [0.717, 1.165) is 25.9 Å². The molecule has 2 rings (SSSR count). The highest BCUT2D eigenvalue weighted by molar-refractivity contribution is 5.78. The van der Waals surface area contributed by atoms with E-state index >= 15 is 0 Å². The molecule has 1 heterocycles. The number of nitrogens with zero attached hydrogens (tertiary/aromatic N) is 1. The number of hydrogen-bond donors (Lipinski definition) is 2. The van der Waals surface area contributed by atoms with Crippen molar-refractivity contribution in [3.8, 4) is 0 Å². The lowest BCUT2D eigenvalue weighted by Crippen LogP contribution is -2.50. The summed E-state index contributed by atoms with van der Waals surface area (Å²) in [6.45, 7) is 2.41. The summed E-state index contributed by atoms with van der Waals surface area (Å²) in [6, 6.07) is -0.192. The molecule has 0 bridgehead atoms. The van der Waals surface area contributed by atoms with Crippen LogP contribution in [0.2, 0.25) is 0 Å². The van der Waals surface area contributed by atoms with E-state index in [2.05, 4.69) is 5.32 Å². The normalized spacial score (nSPS) is 24.6. The number of carboxylic acids is 1. The maximum Gasteiger partial charge on any atom is 0.317 e. The van der Waals surface area contributed by atoms with Gasteiger partial charge in [-0.15, -0.1) is 0 Å². The van der Waals surface area contributed by atoms with Crippen LogP contribution in [-0.2, 0) is 9.53 Å². The summed E-state index contributed by atoms with van der Waals surface area (Å²) in [7, 11) is 1.75. The third kappa shape index (κ3) is 3.42. The highest BCUT2D eigenvalue weighted by Gasteiger charge is 2.44. The second-order valence-electron chi connectivity index (χ2n) is 6.06. The monoisotopic (exact) mass is 284 g/mol. The van der Waals surface area contributed by atoms with Gasteiger partial charge in [-0.05, 0) is 25.7 Å². The van der Waals surface area contributed by atoms with Gasteiger partial charge in [0.1, 0.15) is 0 Å². The highest BCUT2D eigenvalue weighted by atomic mass is 16.5. The van der Waals surface area contributed by atoms with Crippen molar-refractivity contribution in [2.24, 2.45) is 11.3 Å². The smallest absolute Gasteiger partial charge is 0.317 e. The molecule has 114 valence electrons. The molecule has 0 aromatic carbocycles. The number of carboxylic acid groups (broad SMARTS) is 1. The number of carbonyl (C=O) groups excluding carboxylic acids is 1. The molecule has 2 aliphatic rings. The Hall–Kier alpha value is -1.30. The zero-order chi connectivity index (χ0) is 14.6. The number of carbonyl (C=O) groups is 2. The average molecular weight is 284 g/mol. The lowest BCUT2D eigenvalue weighted by Gasteiger charge is -2.38. The molecule has 1 saturated heterocycles. The molecule has 1 unspecified atom stereocenters. The van der Waals surface area contributed by atoms with Crippen molar-refractivity contribution in [2.45, 2.75) is 32.1 Å². The van der Waals surface area contributed by atoms with Gasteiger partial charge in [-0.1, -0.05) is 6.42 Å². The van der Waals surface area contributed by atoms with Gasteiger partial charge in [0.2, 0.25) is 0 Å². The van der Waals surface area contributed by atoms with Crippen LogP contribution in [0, 0.1) is 11.3 Å². The number of hydrogen-bond acceptors (Lipinski definition) is 3. The molecule has 6 heteroatoms. The maximum atomic E-state index is 12.0. The molecule has 0 aromatic rings. The first kappa shape index (κ1) is 15.1. The van der Waals surface area contributed by atoms with Crippen molar-refractivity contribution in [3.05, 3.63) is 0 Å². The van der Waals surface area contributed by atoms with E-state index in [1.807, 2.05) is 0 Å². The predicted octanol–water partition coefficient (Wildman–Crippen LogP) is 1.31. The van der Waals surface area contributed by atoms with E-state index in [1.54, 1.807) is 11.9 Å². The Morgan fingerprint density at radius 1 is 1.40 bits per heavy atom. The van der Waals surface area contributed by atoms with Crippen molar-refractivity contribution in [1.82, 2.24) is 10.2 Å². The molecule has 6 nitrogen and oxygen atoms in total. The van der Waals surface area contributed by atoms with Crippen LogP contribution in [0.15, 0.2) is 0 Å². The molecule has 2 fully saturated rings. The Morgan fingerprint density at radius 2 is 2.15 bits per heavy atom. The Morgan fingerprint density at radius 3 is 2.65 bits per heavy atom. The summed E-state index contributed by atoms with van der Waals surface area (Å²) in [5.74, 6) is -0.413. The summed E-state index contributed by atoms with van der Waals surface area (Å²) in [5.41, 5.74) is -0.732. The molecule has 0 aromatic heterocycles. The van der Waals surface area contributed by atoms with Crippen molar-refractivity contribution in [3.63, 3.8) is 0 Å². The van der Waals surface area contributed by atoms with Crippen LogP contribution >= 0.6 is 0 Å². The zero-order valence-electron chi connectivity index (χ0n) is 12.1. The standard InChI is InChI=1S/C14H24N2O4/c1-16(8-11-4-2-7-20-9-11)13(19)15-10-14(12(17)18)5-3-6-14/h11H,2-10H2,1H3,(H,15,19)(H,17,18). The van der Waals surface area contributed by atoms with Crippen LogP contribution in [0.3, 0.4) is 0 Å². The van der Waals surface area contributed by atoms with E-state index in [-0.39, 0.29) is 12.6 Å². The number of urea groups is 1. The second kappa shape index (κ2) is 6.43. The molecule has 0 spiro atoms. The Bertz CT molecular complexity index is 362. The third-order valence-corrected chi connectivity index (χ3v) is 4.48. The zero-order valence-corrected chi connectivity index (χ0v) is 12.1. The molecule has 0 radical (unpaired) electrons. The minimum absolute atomic E-state index is 0.192. The minimum atomic E-state index is -0.799. The van der Waals surface area contributed by atoms with Gasteiger partial charge in [0.25, 0.3) is 0 Å². The van der Waals surface area contributed by atoms with Crippen LogP contribution in [0.1, 0.15) is 32.1 Å². The van der Waals surface area contributed by atoms with Crippen LogP contribution in [0.5, 0.6) is 0 Å². The van der Waals surface area contributed by atoms with Gasteiger partial charge in [-0.3, -0.25) is 4.79 Å². The molecular formula is C14H24N2O4. The van der Waals surface area contributed by atoms with Crippen molar-refractivity contribution in [2.75, 3.05) is 33.4 Å². The highest BCUT2D eigenvalue weighted by Crippen LogP contribution is 2.40. The summed E-state index contributed by atoms with van der Waals surface area (Å²) in [5, 5.41) is 12.0. The molecular weight excluding hydrogens is 260 g/mol. The van der Waals surface area contributed by atoms with Gasteiger partial charge in [0, 0.05) is 32.7 Å². The van der Waals surface area contributed by atoms with Gasteiger partial charge in [0.15, 0.2) is 0 Å². The fourth-order valence-corrected chi connectivity index (χ4v) is 2.87. The van der Waals surface area contributed by atoms with Crippen LogP contribution < -0.4 is 5.32 Å². The first-order chi connectivity index (χ1) is 9.53. The number of aliphatic carboxylic acids is 1. The second-order valence-corrected chi connectivity index (χ2v) is 6.06. The van der Waals surface area contributed by atoms with Crippen molar-refractivity contribution >= 4 is 12.0 Å². The summed E-state index contributed by atoms with van der Waals surface area (Å²) < 4.78 is 5.40. The molecule has 1 aliphatic carbocycles. The van der Waals surface area contributed by atoms with Gasteiger partial charge >= 0.3 is 12.0 Å². The SMILES string of the molecule is CN(CC1CCCOC1)C(=O)NCC1(C(=O)O)CCC1. The quantitative estimate of drug-likeness (QED) is 0.798. The number of nitrogens with one attached hydrogen (secondary N) is 1. The van der Waals surface area contributed by atoms with E-state index in [0.29, 0.717) is 31.9 Å². The molecule has 2 amide bonds. The Labute approximate surface area is 119 Å². The first-order valence-electron chi connectivity index (χ1n) is 7.34. The fourth-order valence-electron chi connectivity index (χ4n) is 2.87. The summed E-state index contributed by atoms with van der Waals surface area (Å²) in [4.78, 5) is 24.9. The van der Waals surface area contributed by atoms with Gasteiger partial charge in [-0.2, -0.15) is 0 Å². The van der Waals surface area contributed by atoms with Crippen molar-refractivity contribution < 1.29 is 19.4 Å². The maximum absolute atomic E-state index is 12.0. The van der Waals surface area contributed by atoms with Crippen LogP contribution in [0.4, 0.5) is 4.79 Å². The number of amides is 2. The van der Waals surface area contributed by atoms with Crippen LogP contribution in [-0.4, -0.2) is 55.4 Å². The van der Waals surface area contributed by atoms with Gasteiger partial charge in [-0.25, -0.2) is 4.79 Å². The lowest BCUT2D eigenvalue weighted by atomic mass is 9.69. The van der Waals surface area contributed by atoms with Gasteiger partial charge < -0.3 is 20.1 Å². The van der Waals surface area contributed by atoms with Gasteiger partial charge in [0.05, 0.1) is 12.0 Å². The Balaban J connectivity index is 1.74. The summed E-state index contributed by atoms with van der Waals surface area (Å²) in [6.07, 6.45) is 4.36. The average Bonchev–Trinajstić information content (AvgIpc) is 2.37. The third-order valence-electron chi connectivity index (χ3n) is 4.48. The van der Waals surface area contributed by atoms with E-state index < -0.39 is 11.4 Å². The minimum Gasteiger partial charge on any atom is -0.481 e. The van der Waals surface area contributed by atoms with E-state index in [9.17, 15) is 14.7 Å². The molecule has 2 N–H and O–H groups in total. The van der Waals surface area contributed by atoms with E-state index in [4.69, 9.17) is 4.74 Å². The number of rotatable bonds is 5. The molecule has 1 saturated carbocycles. The fraction of sp³-hybridized carbons (Fsp3) is 0.857. The Kier molecular flexibility index (Phi) is 4.86. The number of ether oxygens (including phenoxy) is 1. The summed E-state index contributed by atoms with van der Waals surface area (Å²) >= 11 is 0. The molecule has 1 aliphatic heterocycles. The van der Waals surface area contributed by atoms with E-state index in [1.165, 1.54) is 0 Å².